The highest BCUT2D eigenvalue weighted by atomic mass is 16.5. The first-order valence-electron chi connectivity index (χ1n) is 7.51. The number of rotatable bonds is 3. The predicted molar refractivity (Wildman–Crippen MR) is 79.6 cm³/mol. The summed E-state index contributed by atoms with van der Waals surface area (Å²) in [6.45, 7) is 1.02. The van der Waals surface area contributed by atoms with Gasteiger partial charge >= 0.3 is 5.97 Å². The van der Waals surface area contributed by atoms with Gasteiger partial charge in [0.2, 0.25) is 5.91 Å². The number of aliphatic carboxylic acids is 1. The van der Waals surface area contributed by atoms with E-state index in [1.54, 1.807) is 12.0 Å². The van der Waals surface area contributed by atoms with Gasteiger partial charge < -0.3 is 24.2 Å². The number of amides is 1. The molecule has 23 heavy (non-hydrogen) atoms. The van der Waals surface area contributed by atoms with E-state index in [-0.39, 0.29) is 31.6 Å². The van der Waals surface area contributed by atoms with Crippen LogP contribution in [0.5, 0.6) is 11.5 Å². The highest BCUT2D eigenvalue weighted by Crippen LogP contribution is 2.31. The van der Waals surface area contributed by atoms with E-state index in [2.05, 4.69) is 0 Å². The number of morpholine rings is 1. The fourth-order valence-electron chi connectivity index (χ4n) is 2.90. The lowest BCUT2D eigenvalue weighted by Gasteiger charge is -2.34. The van der Waals surface area contributed by atoms with Gasteiger partial charge in [0.05, 0.1) is 26.2 Å². The number of carboxylic acids is 1. The molecule has 2 atom stereocenters. The molecule has 1 aromatic carbocycles. The lowest BCUT2D eigenvalue weighted by Crippen LogP contribution is -2.51. The highest BCUT2D eigenvalue weighted by Gasteiger charge is 2.34. The second-order valence-electron chi connectivity index (χ2n) is 5.67. The molecule has 1 N–H and O–H groups in total. The zero-order valence-corrected chi connectivity index (χ0v) is 12.9. The Morgan fingerprint density at radius 3 is 2.96 bits per heavy atom. The van der Waals surface area contributed by atoms with Gasteiger partial charge in [-0.05, 0) is 18.1 Å². The van der Waals surface area contributed by atoms with E-state index < -0.39 is 12.1 Å². The minimum atomic E-state index is -1.04. The summed E-state index contributed by atoms with van der Waals surface area (Å²) in [5, 5.41) is 9.03. The average molecular weight is 321 g/mol. The van der Waals surface area contributed by atoms with Crippen molar-refractivity contribution in [3.8, 4) is 11.5 Å². The summed E-state index contributed by atoms with van der Waals surface area (Å²) in [4.78, 5) is 25.2. The lowest BCUT2D eigenvalue weighted by molar-refractivity contribution is -0.160. The molecule has 0 aromatic heterocycles. The molecule has 0 saturated carbocycles. The molecule has 7 nitrogen and oxygen atoms in total. The van der Waals surface area contributed by atoms with Crippen molar-refractivity contribution in [1.29, 1.82) is 0 Å². The summed E-state index contributed by atoms with van der Waals surface area (Å²) >= 11 is 0. The second kappa shape index (κ2) is 6.45. The van der Waals surface area contributed by atoms with Gasteiger partial charge in [-0.25, -0.2) is 4.79 Å². The first kappa shape index (κ1) is 15.6. The molecule has 3 rings (SSSR count). The minimum Gasteiger partial charge on any atom is -0.497 e. The molecule has 7 heteroatoms. The zero-order chi connectivity index (χ0) is 16.4. The summed E-state index contributed by atoms with van der Waals surface area (Å²) in [7, 11) is 1.59. The Labute approximate surface area is 133 Å². The molecular formula is C16H19NO6. The van der Waals surface area contributed by atoms with Crippen molar-refractivity contribution < 1.29 is 28.9 Å². The van der Waals surface area contributed by atoms with Crippen molar-refractivity contribution in [1.82, 2.24) is 4.90 Å². The maximum atomic E-state index is 12.6. The van der Waals surface area contributed by atoms with Crippen LogP contribution in [0.1, 0.15) is 5.56 Å². The summed E-state index contributed by atoms with van der Waals surface area (Å²) in [6.07, 6.45) is -0.374. The van der Waals surface area contributed by atoms with E-state index in [1.807, 2.05) is 18.2 Å². The molecule has 2 aliphatic rings. The lowest BCUT2D eigenvalue weighted by atomic mass is 9.95. The number of ether oxygens (including phenoxy) is 3. The molecule has 2 heterocycles. The van der Waals surface area contributed by atoms with Crippen molar-refractivity contribution in [3.63, 3.8) is 0 Å². The molecule has 1 fully saturated rings. The maximum absolute atomic E-state index is 12.6. The van der Waals surface area contributed by atoms with E-state index in [1.165, 1.54) is 0 Å². The van der Waals surface area contributed by atoms with Crippen molar-refractivity contribution in [2.75, 3.05) is 33.4 Å². The van der Waals surface area contributed by atoms with Gasteiger partial charge in [0, 0.05) is 12.6 Å². The molecule has 1 amide bonds. The molecule has 1 saturated heterocycles. The van der Waals surface area contributed by atoms with Crippen LogP contribution in [0.3, 0.4) is 0 Å². The van der Waals surface area contributed by atoms with E-state index >= 15 is 0 Å². The number of carboxylic acid groups (broad SMARTS) is 1. The standard InChI is InChI=1S/C16H19NO6/c1-21-12-3-2-10-6-11(9-23-13(10)7-12)15(18)17-4-5-22-14(8-17)16(19)20/h2-3,7,11,14H,4-6,8-9H2,1H3,(H,19,20)/t11-,14-/m0/s1. The van der Waals surface area contributed by atoms with Crippen LogP contribution in [0.4, 0.5) is 0 Å². The number of carbonyl (C=O) groups excluding carboxylic acids is 1. The molecule has 0 radical (unpaired) electrons. The monoisotopic (exact) mass is 321 g/mol. The van der Waals surface area contributed by atoms with Crippen LogP contribution in [-0.4, -0.2) is 61.4 Å². The number of methoxy groups -OCH3 is 1. The molecule has 2 aliphatic heterocycles. The summed E-state index contributed by atoms with van der Waals surface area (Å²) in [5.41, 5.74) is 0.957. The average Bonchev–Trinajstić information content (AvgIpc) is 2.60. The third-order valence-corrected chi connectivity index (χ3v) is 4.18. The summed E-state index contributed by atoms with van der Waals surface area (Å²) < 4.78 is 16.0. The second-order valence-corrected chi connectivity index (χ2v) is 5.67. The van der Waals surface area contributed by atoms with Crippen molar-refractivity contribution in [3.05, 3.63) is 23.8 Å². The Balaban J connectivity index is 1.68. The van der Waals surface area contributed by atoms with Crippen LogP contribution in [0.15, 0.2) is 18.2 Å². The predicted octanol–water partition coefficient (Wildman–Crippen LogP) is 0.558. The SMILES string of the molecule is COc1ccc2c(c1)OC[C@@H](C(=O)N1CCO[C@H](C(=O)O)C1)C2. The fraction of sp³-hybridized carbons (Fsp3) is 0.500. The Morgan fingerprint density at radius 1 is 1.39 bits per heavy atom. The molecule has 0 aliphatic carbocycles. The minimum absolute atomic E-state index is 0.0824. The van der Waals surface area contributed by atoms with Crippen molar-refractivity contribution in [2.45, 2.75) is 12.5 Å². The number of hydrogen-bond donors (Lipinski definition) is 1. The smallest absolute Gasteiger partial charge is 0.334 e. The van der Waals surface area contributed by atoms with E-state index in [4.69, 9.17) is 19.3 Å². The van der Waals surface area contributed by atoms with E-state index in [0.717, 1.165) is 11.3 Å². The fourth-order valence-corrected chi connectivity index (χ4v) is 2.90. The Kier molecular flexibility index (Phi) is 4.38. The quantitative estimate of drug-likeness (QED) is 0.875. The molecule has 0 bridgehead atoms. The molecule has 0 spiro atoms. The topological polar surface area (TPSA) is 85.3 Å². The molecule has 1 aromatic rings. The number of fused-ring (bicyclic) bond motifs is 1. The number of nitrogens with zero attached hydrogens (tertiary/aromatic N) is 1. The zero-order valence-electron chi connectivity index (χ0n) is 12.9. The van der Waals surface area contributed by atoms with E-state index in [9.17, 15) is 9.59 Å². The maximum Gasteiger partial charge on any atom is 0.334 e. The van der Waals surface area contributed by atoms with Gasteiger partial charge in [-0.1, -0.05) is 6.07 Å². The molecule has 124 valence electrons. The van der Waals surface area contributed by atoms with Crippen molar-refractivity contribution in [2.24, 2.45) is 5.92 Å². The van der Waals surface area contributed by atoms with Gasteiger partial charge in [0.25, 0.3) is 0 Å². The van der Waals surface area contributed by atoms with Crippen LogP contribution < -0.4 is 9.47 Å². The van der Waals surface area contributed by atoms with Gasteiger partial charge in [-0.3, -0.25) is 4.79 Å². The van der Waals surface area contributed by atoms with Crippen molar-refractivity contribution >= 4 is 11.9 Å². The first-order chi connectivity index (χ1) is 11.1. The summed E-state index contributed by atoms with van der Waals surface area (Å²) in [5.74, 6) is 0.0223. The van der Waals surface area contributed by atoms with Crippen LogP contribution in [0.2, 0.25) is 0 Å². The Hall–Kier alpha value is -2.28. The highest BCUT2D eigenvalue weighted by molar-refractivity contribution is 5.81. The first-order valence-corrected chi connectivity index (χ1v) is 7.51. The molecular weight excluding hydrogens is 302 g/mol. The van der Waals surface area contributed by atoms with Gasteiger partial charge in [-0.2, -0.15) is 0 Å². The van der Waals surface area contributed by atoms with Crippen LogP contribution in [0, 0.1) is 5.92 Å². The molecule has 0 unspecified atom stereocenters. The number of carbonyl (C=O) groups is 2. The third kappa shape index (κ3) is 3.24. The normalized spacial score (nSPS) is 23.6. The van der Waals surface area contributed by atoms with Gasteiger partial charge in [0.15, 0.2) is 6.10 Å². The van der Waals surface area contributed by atoms with Crippen LogP contribution >= 0.6 is 0 Å². The Bertz CT molecular complexity index is 617. The van der Waals surface area contributed by atoms with E-state index in [0.29, 0.717) is 18.7 Å². The van der Waals surface area contributed by atoms with Gasteiger partial charge in [-0.15, -0.1) is 0 Å². The van der Waals surface area contributed by atoms with Gasteiger partial charge in [0.1, 0.15) is 18.1 Å². The number of hydrogen-bond acceptors (Lipinski definition) is 5. The Morgan fingerprint density at radius 2 is 2.22 bits per heavy atom. The third-order valence-electron chi connectivity index (χ3n) is 4.18. The largest absolute Gasteiger partial charge is 0.497 e. The summed E-state index contributed by atoms with van der Waals surface area (Å²) in [6, 6.07) is 5.54. The van der Waals surface area contributed by atoms with Crippen LogP contribution in [-0.2, 0) is 20.7 Å². The van der Waals surface area contributed by atoms with Crippen LogP contribution in [0.25, 0.3) is 0 Å². The number of benzene rings is 1.